The van der Waals surface area contributed by atoms with Crippen LogP contribution in [0.25, 0.3) is 0 Å². The van der Waals surface area contributed by atoms with Crippen molar-refractivity contribution in [1.82, 2.24) is 9.88 Å². The first-order valence-corrected chi connectivity index (χ1v) is 7.08. The molecule has 1 aliphatic rings. The third kappa shape index (κ3) is 4.49. The molecule has 2 N–H and O–H groups in total. The molecule has 0 aromatic carbocycles. The summed E-state index contributed by atoms with van der Waals surface area (Å²) in [4.78, 5) is 26.9. The monoisotopic (exact) mass is 348 g/mol. The van der Waals surface area contributed by atoms with Gasteiger partial charge in [0.05, 0.1) is 5.56 Å². The molecule has 1 amide bonds. The van der Waals surface area contributed by atoms with Gasteiger partial charge in [0, 0.05) is 24.8 Å². The van der Waals surface area contributed by atoms with Crippen molar-refractivity contribution in [3.05, 3.63) is 23.4 Å². The molecular formula is C14H15F3N2O5. The number of ether oxygens (including phenoxy) is 1. The summed E-state index contributed by atoms with van der Waals surface area (Å²) in [6.07, 6.45) is -3.99. The Morgan fingerprint density at radius 1 is 1.29 bits per heavy atom. The van der Waals surface area contributed by atoms with Crippen molar-refractivity contribution in [2.24, 2.45) is 0 Å². The van der Waals surface area contributed by atoms with E-state index in [0.717, 1.165) is 6.20 Å². The van der Waals surface area contributed by atoms with Crippen molar-refractivity contribution in [1.29, 1.82) is 0 Å². The minimum Gasteiger partial charge on any atom is -0.478 e. The first-order chi connectivity index (χ1) is 11.2. The zero-order valence-electron chi connectivity index (χ0n) is 12.4. The summed E-state index contributed by atoms with van der Waals surface area (Å²) in [5.41, 5.74) is 0.0919. The Kier molecular flexibility index (Phi) is 5.15. The van der Waals surface area contributed by atoms with Gasteiger partial charge in [-0.1, -0.05) is 0 Å². The van der Waals surface area contributed by atoms with Gasteiger partial charge in [0.2, 0.25) is 5.88 Å². The summed E-state index contributed by atoms with van der Waals surface area (Å²) in [6.45, 7) is -1.13. The van der Waals surface area contributed by atoms with E-state index in [1.54, 1.807) is 0 Å². The zero-order valence-corrected chi connectivity index (χ0v) is 12.4. The van der Waals surface area contributed by atoms with E-state index in [4.69, 9.17) is 14.9 Å². The number of carbonyl (C=O) groups is 2. The topological polar surface area (TPSA) is 100.0 Å². The van der Waals surface area contributed by atoms with E-state index in [9.17, 15) is 22.8 Å². The maximum atomic E-state index is 12.3. The van der Waals surface area contributed by atoms with Crippen LogP contribution >= 0.6 is 0 Å². The second-order valence-electron chi connectivity index (χ2n) is 5.37. The van der Waals surface area contributed by atoms with Crippen molar-refractivity contribution in [3.63, 3.8) is 0 Å². The van der Waals surface area contributed by atoms with Crippen molar-refractivity contribution in [2.75, 3.05) is 19.7 Å². The molecule has 1 fully saturated rings. The van der Waals surface area contributed by atoms with Crippen molar-refractivity contribution in [2.45, 2.75) is 24.9 Å². The number of pyridine rings is 1. The van der Waals surface area contributed by atoms with Gasteiger partial charge in [-0.3, -0.25) is 0 Å². The van der Waals surface area contributed by atoms with Gasteiger partial charge in [-0.2, -0.15) is 13.2 Å². The molecule has 0 spiro atoms. The summed E-state index contributed by atoms with van der Waals surface area (Å²) in [6, 6.07) is 1.24. The number of likely N-dealkylation sites (tertiary alicyclic amines) is 1. The Hall–Kier alpha value is -2.52. The van der Waals surface area contributed by atoms with E-state index in [-0.39, 0.29) is 36.0 Å². The molecule has 1 aromatic heterocycles. The summed E-state index contributed by atoms with van der Waals surface area (Å²) in [5.74, 6) is -1.85. The molecule has 10 heteroatoms. The second-order valence-corrected chi connectivity index (χ2v) is 5.37. The van der Waals surface area contributed by atoms with Crippen LogP contribution in [0.4, 0.5) is 18.0 Å². The van der Waals surface area contributed by atoms with E-state index in [2.05, 4.69) is 4.98 Å². The predicted molar refractivity (Wildman–Crippen MR) is 74.3 cm³/mol. The largest absolute Gasteiger partial charge is 0.478 e. The maximum Gasteiger partial charge on any atom is 0.422 e. The fourth-order valence-corrected chi connectivity index (χ4v) is 2.53. The van der Waals surface area contributed by atoms with Crippen LogP contribution in [0.15, 0.2) is 12.3 Å². The van der Waals surface area contributed by atoms with E-state index in [1.165, 1.54) is 11.0 Å². The highest BCUT2D eigenvalue weighted by molar-refractivity contribution is 5.87. The molecule has 2 rings (SSSR count). The van der Waals surface area contributed by atoms with Gasteiger partial charge in [-0.25, -0.2) is 14.6 Å². The number of carboxylic acids is 1. The highest BCUT2D eigenvalue weighted by atomic mass is 19.4. The van der Waals surface area contributed by atoms with Gasteiger partial charge in [-0.15, -0.1) is 0 Å². The Bertz CT molecular complexity index is 627. The number of hydrogen-bond donors (Lipinski definition) is 2. The third-order valence-corrected chi connectivity index (χ3v) is 3.70. The lowest BCUT2D eigenvalue weighted by atomic mass is 9.89. The van der Waals surface area contributed by atoms with Gasteiger partial charge < -0.3 is 19.8 Å². The molecule has 0 unspecified atom stereocenters. The molecule has 1 aliphatic heterocycles. The normalized spacial score (nSPS) is 16.0. The average molecular weight is 348 g/mol. The van der Waals surface area contributed by atoms with Gasteiger partial charge >= 0.3 is 18.2 Å². The maximum absolute atomic E-state index is 12.3. The number of rotatable bonds is 4. The third-order valence-electron chi connectivity index (χ3n) is 3.70. The van der Waals surface area contributed by atoms with Crippen LogP contribution in [0, 0.1) is 0 Å². The van der Waals surface area contributed by atoms with Gasteiger partial charge in [0.25, 0.3) is 0 Å². The molecular weight excluding hydrogens is 333 g/mol. The van der Waals surface area contributed by atoms with E-state index in [1.807, 2.05) is 0 Å². The van der Waals surface area contributed by atoms with Crippen LogP contribution in [0.2, 0.25) is 0 Å². The van der Waals surface area contributed by atoms with Crippen molar-refractivity contribution in [3.8, 4) is 5.88 Å². The molecule has 0 radical (unpaired) electrons. The van der Waals surface area contributed by atoms with Crippen LogP contribution in [-0.2, 0) is 0 Å². The number of halogens is 3. The van der Waals surface area contributed by atoms with Gasteiger partial charge in [0.1, 0.15) is 0 Å². The molecule has 132 valence electrons. The fraction of sp³-hybridized carbons (Fsp3) is 0.500. The zero-order chi connectivity index (χ0) is 17.9. The van der Waals surface area contributed by atoms with Crippen LogP contribution in [0.3, 0.4) is 0 Å². The summed E-state index contributed by atoms with van der Waals surface area (Å²) >= 11 is 0. The standard InChI is InChI=1S/C14H15F3N2O5/c15-14(16,17)7-24-11-10(5-9(6-18-11)12(20)21)8-1-3-19(4-2-8)13(22)23/h5-6,8H,1-4,7H2,(H,20,21)(H,22,23). The second kappa shape index (κ2) is 6.93. The molecule has 7 nitrogen and oxygen atoms in total. The molecule has 24 heavy (non-hydrogen) atoms. The number of aromatic nitrogens is 1. The van der Waals surface area contributed by atoms with Crippen LogP contribution in [-0.4, -0.2) is 58.0 Å². The fourth-order valence-electron chi connectivity index (χ4n) is 2.53. The van der Waals surface area contributed by atoms with Crippen molar-refractivity contribution >= 4 is 12.1 Å². The molecule has 0 aliphatic carbocycles. The molecule has 0 atom stereocenters. The van der Waals surface area contributed by atoms with E-state index < -0.39 is 24.8 Å². The minimum absolute atomic E-state index is 0.162. The molecule has 1 aromatic rings. The molecule has 1 saturated heterocycles. The Labute approximate surface area is 134 Å². The SMILES string of the molecule is O=C(O)c1cnc(OCC(F)(F)F)c(C2CCN(C(=O)O)CC2)c1. The number of amides is 1. The number of hydrogen-bond acceptors (Lipinski definition) is 4. The minimum atomic E-state index is -4.54. The molecule has 2 heterocycles. The number of alkyl halides is 3. The smallest absolute Gasteiger partial charge is 0.422 e. The highest BCUT2D eigenvalue weighted by Crippen LogP contribution is 2.34. The van der Waals surface area contributed by atoms with Crippen LogP contribution < -0.4 is 4.74 Å². The van der Waals surface area contributed by atoms with E-state index >= 15 is 0 Å². The van der Waals surface area contributed by atoms with E-state index in [0.29, 0.717) is 12.8 Å². The lowest BCUT2D eigenvalue weighted by Crippen LogP contribution is -2.37. The Morgan fingerprint density at radius 2 is 1.92 bits per heavy atom. The van der Waals surface area contributed by atoms with Gasteiger partial charge in [0.15, 0.2) is 6.61 Å². The van der Waals surface area contributed by atoms with Gasteiger partial charge in [-0.05, 0) is 24.8 Å². The predicted octanol–water partition coefficient (Wildman–Crippen LogP) is 2.58. The molecule has 0 saturated carbocycles. The number of carboxylic acid groups (broad SMARTS) is 2. The average Bonchev–Trinajstić information content (AvgIpc) is 2.52. The Balaban J connectivity index is 2.23. The number of nitrogens with zero attached hydrogens (tertiary/aromatic N) is 2. The lowest BCUT2D eigenvalue weighted by Gasteiger charge is -2.30. The first kappa shape index (κ1) is 17.8. The lowest BCUT2D eigenvalue weighted by molar-refractivity contribution is -0.154. The summed E-state index contributed by atoms with van der Waals surface area (Å²) in [7, 11) is 0. The molecule has 0 bridgehead atoms. The summed E-state index contributed by atoms with van der Waals surface area (Å²) in [5, 5.41) is 18.0. The Morgan fingerprint density at radius 3 is 2.42 bits per heavy atom. The first-order valence-electron chi connectivity index (χ1n) is 7.08. The number of piperidine rings is 1. The highest BCUT2D eigenvalue weighted by Gasteiger charge is 2.31. The summed E-state index contributed by atoms with van der Waals surface area (Å²) < 4.78 is 41.7. The van der Waals surface area contributed by atoms with Crippen LogP contribution in [0.1, 0.15) is 34.7 Å². The quantitative estimate of drug-likeness (QED) is 0.867. The van der Waals surface area contributed by atoms with Crippen molar-refractivity contribution < 1.29 is 37.7 Å². The number of aromatic carboxylic acids is 1. The van der Waals surface area contributed by atoms with Crippen LogP contribution in [0.5, 0.6) is 5.88 Å².